The van der Waals surface area contributed by atoms with Crippen LogP contribution in [0.3, 0.4) is 0 Å². The third kappa shape index (κ3) is 9.41. The van der Waals surface area contributed by atoms with Gasteiger partial charge in [0.1, 0.15) is 12.1 Å². The second-order valence-corrected chi connectivity index (χ2v) is 15.3. The fraction of sp³-hybridized carbons (Fsp3) is 0.771. The SMILES string of the molecule is C=CCNC(=O)C(=O)C(C)NC(=O)[C@@H]1C2C[C@H]2CN1C(=O)C(NC(=O)NC(C(=O)C1CC1)C1CCCCC1)C(C)(C)C.CC1CC1. The van der Waals surface area contributed by atoms with Gasteiger partial charge < -0.3 is 26.2 Å². The third-order valence-electron chi connectivity index (χ3n) is 10.0. The van der Waals surface area contributed by atoms with Crippen LogP contribution in [0.15, 0.2) is 12.7 Å². The van der Waals surface area contributed by atoms with Gasteiger partial charge in [-0.1, -0.05) is 65.9 Å². The minimum absolute atomic E-state index is 0.00945. The van der Waals surface area contributed by atoms with Gasteiger partial charge in [0.2, 0.25) is 17.6 Å². The average Bonchev–Trinajstić information content (AvgIpc) is 3.93. The maximum absolute atomic E-state index is 14.0. The molecule has 0 aromatic carbocycles. The van der Waals surface area contributed by atoms with Crippen LogP contribution in [0, 0.1) is 35.0 Å². The number of urea groups is 1. The van der Waals surface area contributed by atoms with Crippen molar-refractivity contribution in [3.63, 3.8) is 0 Å². The fourth-order valence-electron chi connectivity index (χ4n) is 6.65. The van der Waals surface area contributed by atoms with Crippen molar-refractivity contribution in [1.82, 2.24) is 26.2 Å². The van der Waals surface area contributed by atoms with E-state index in [1.54, 1.807) is 0 Å². The number of hydrogen-bond acceptors (Lipinski definition) is 6. The molecule has 5 rings (SSSR count). The number of nitrogens with zero attached hydrogens (tertiary/aromatic N) is 1. The molecule has 1 heterocycles. The van der Waals surface area contributed by atoms with E-state index in [1.807, 2.05) is 20.8 Å². The van der Waals surface area contributed by atoms with E-state index in [0.717, 1.165) is 57.3 Å². The van der Waals surface area contributed by atoms with Crippen molar-refractivity contribution in [3.05, 3.63) is 12.7 Å². The Morgan fingerprint density at radius 3 is 2.09 bits per heavy atom. The van der Waals surface area contributed by atoms with Crippen LogP contribution in [0.2, 0.25) is 0 Å². The Hall–Kier alpha value is -3.24. The largest absolute Gasteiger partial charge is 0.346 e. The summed E-state index contributed by atoms with van der Waals surface area (Å²) in [7, 11) is 0. The first-order chi connectivity index (χ1) is 21.7. The highest BCUT2D eigenvalue weighted by molar-refractivity contribution is 6.38. The molecule has 0 spiro atoms. The van der Waals surface area contributed by atoms with Crippen LogP contribution in [0.1, 0.15) is 98.8 Å². The average molecular weight is 642 g/mol. The molecule has 0 bridgehead atoms. The first-order valence-electron chi connectivity index (χ1n) is 17.4. The van der Waals surface area contributed by atoms with Crippen LogP contribution in [0.4, 0.5) is 4.79 Å². The second kappa shape index (κ2) is 15.1. The second-order valence-electron chi connectivity index (χ2n) is 15.3. The molecule has 46 heavy (non-hydrogen) atoms. The van der Waals surface area contributed by atoms with E-state index in [-0.39, 0.29) is 41.9 Å². The summed E-state index contributed by atoms with van der Waals surface area (Å²) in [4.78, 5) is 79.9. The number of carbonyl (C=O) groups excluding carboxylic acids is 6. The third-order valence-corrected chi connectivity index (χ3v) is 10.0. The maximum Gasteiger partial charge on any atom is 0.316 e. The summed E-state index contributed by atoms with van der Waals surface area (Å²) >= 11 is 0. The summed E-state index contributed by atoms with van der Waals surface area (Å²) in [6.45, 7) is 13.3. The quantitative estimate of drug-likeness (QED) is 0.190. The maximum atomic E-state index is 14.0. The molecule has 4 N–H and O–H groups in total. The van der Waals surface area contributed by atoms with Gasteiger partial charge in [-0.2, -0.15) is 0 Å². The fourth-order valence-corrected chi connectivity index (χ4v) is 6.65. The first-order valence-corrected chi connectivity index (χ1v) is 17.4. The van der Waals surface area contributed by atoms with E-state index in [9.17, 15) is 28.8 Å². The van der Waals surface area contributed by atoms with Gasteiger partial charge in [0, 0.05) is 19.0 Å². The number of ketones is 2. The molecule has 0 aromatic heterocycles. The minimum Gasteiger partial charge on any atom is -0.346 e. The normalized spacial score (nSPS) is 25.8. The number of piperidine rings is 1. The zero-order valence-corrected chi connectivity index (χ0v) is 28.4. The zero-order valence-electron chi connectivity index (χ0n) is 28.4. The van der Waals surface area contributed by atoms with E-state index < -0.39 is 53.2 Å². The molecule has 11 heteroatoms. The van der Waals surface area contributed by atoms with Gasteiger partial charge >= 0.3 is 6.03 Å². The van der Waals surface area contributed by atoms with Crippen molar-refractivity contribution < 1.29 is 28.8 Å². The van der Waals surface area contributed by atoms with Crippen LogP contribution >= 0.6 is 0 Å². The number of nitrogens with one attached hydrogen (secondary N) is 4. The van der Waals surface area contributed by atoms with Gasteiger partial charge in [-0.05, 0) is 68.1 Å². The molecule has 5 fully saturated rings. The molecular formula is C35H55N5O6. The Morgan fingerprint density at radius 1 is 0.913 bits per heavy atom. The Balaban J connectivity index is 0.00000111. The molecule has 4 unspecified atom stereocenters. The highest BCUT2D eigenvalue weighted by Gasteiger charge is 2.58. The number of amides is 5. The summed E-state index contributed by atoms with van der Waals surface area (Å²) in [5.74, 6) is -1.05. The summed E-state index contributed by atoms with van der Waals surface area (Å²) in [5, 5.41) is 10.8. The van der Waals surface area contributed by atoms with E-state index in [4.69, 9.17) is 0 Å². The molecule has 0 aromatic rings. The van der Waals surface area contributed by atoms with E-state index in [0.29, 0.717) is 6.54 Å². The molecule has 5 amide bonds. The predicted octanol–water partition coefficient (Wildman–Crippen LogP) is 3.27. The number of Topliss-reactive ketones (excluding diaryl/α,β-unsaturated/α-hetero) is 2. The number of rotatable bonds is 12. The van der Waals surface area contributed by atoms with Crippen molar-refractivity contribution in [2.45, 2.75) is 123 Å². The van der Waals surface area contributed by atoms with Crippen LogP contribution in [-0.4, -0.2) is 77.5 Å². The standard InChI is InChI=1S/C31H47N5O6.C4H8/c1-6-14-32-28(40)24(37)17(2)33-27(39)23-21-15-20(21)16-36(23)29(41)26(31(3,4)5)35-30(42)34-22(25(38)19-12-13-19)18-10-8-7-9-11-18;1-4-2-3-4/h6,17-23,26H,1,7-16H2,2-5H3,(H,32,40)(H,33,39)(H2,34,35,42);4H,2-3H2,1H3/t17?,20-,21?,22?,23-,26?;/m0./s1. The lowest BCUT2D eigenvalue weighted by atomic mass is 9.81. The van der Waals surface area contributed by atoms with E-state index in [2.05, 4.69) is 34.8 Å². The van der Waals surface area contributed by atoms with E-state index >= 15 is 0 Å². The number of carbonyl (C=O) groups is 6. The minimum atomic E-state index is -1.07. The molecule has 4 aliphatic carbocycles. The highest BCUT2D eigenvalue weighted by Crippen LogP contribution is 2.50. The van der Waals surface area contributed by atoms with Crippen molar-refractivity contribution in [2.75, 3.05) is 13.1 Å². The Labute approximate surface area is 273 Å². The topological polar surface area (TPSA) is 154 Å². The number of hydrogen-bond donors (Lipinski definition) is 4. The summed E-state index contributed by atoms with van der Waals surface area (Å²) in [6.07, 6.45) is 11.9. The summed E-state index contributed by atoms with van der Waals surface area (Å²) in [6, 6.07) is -3.93. The number of fused-ring (bicyclic) bond motifs is 1. The Morgan fingerprint density at radius 2 is 1.54 bits per heavy atom. The predicted molar refractivity (Wildman–Crippen MR) is 174 cm³/mol. The van der Waals surface area contributed by atoms with Crippen LogP contribution in [0.5, 0.6) is 0 Å². The molecule has 4 saturated carbocycles. The zero-order chi connectivity index (χ0) is 33.8. The Kier molecular flexibility index (Phi) is 11.7. The molecule has 11 nitrogen and oxygen atoms in total. The van der Waals surface area contributed by atoms with Crippen molar-refractivity contribution in [3.8, 4) is 0 Å². The van der Waals surface area contributed by atoms with Gasteiger partial charge in [0.15, 0.2) is 5.78 Å². The van der Waals surface area contributed by atoms with Gasteiger partial charge in [-0.15, -0.1) is 6.58 Å². The van der Waals surface area contributed by atoms with Gasteiger partial charge in [0.25, 0.3) is 5.91 Å². The molecule has 256 valence electrons. The van der Waals surface area contributed by atoms with Gasteiger partial charge in [0.05, 0.1) is 12.1 Å². The molecule has 1 saturated heterocycles. The van der Waals surface area contributed by atoms with Gasteiger partial charge in [-0.3, -0.25) is 24.0 Å². The van der Waals surface area contributed by atoms with Gasteiger partial charge in [-0.25, -0.2) is 4.79 Å². The highest BCUT2D eigenvalue weighted by atomic mass is 16.2. The van der Waals surface area contributed by atoms with Crippen LogP contribution < -0.4 is 21.3 Å². The summed E-state index contributed by atoms with van der Waals surface area (Å²) < 4.78 is 0. The van der Waals surface area contributed by atoms with Crippen LogP contribution in [0.25, 0.3) is 0 Å². The lowest BCUT2D eigenvalue weighted by Gasteiger charge is -2.37. The van der Waals surface area contributed by atoms with Crippen molar-refractivity contribution in [1.29, 1.82) is 0 Å². The monoisotopic (exact) mass is 641 g/mol. The smallest absolute Gasteiger partial charge is 0.316 e. The van der Waals surface area contributed by atoms with Crippen molar-refractivity contribution in [2.24, 2.45) is 35.0 Å². The lowest BCUT2D eigenvalue weighted by Crippen LogP contribution is -2.62. The number of likely N-dealkylation sites (tertiary alicyclic amines) is 1. The molecular weight excluding hydrogens is 586 g/mol. The Bertz CT molecular complexity index is 1180. The lowest BCUT2D eigenvalue weighted by molar-refractivity contribution is -0.144. The van der Waals surface area contributed by atoms with Crippen LogP contribution in [-0.2, 0) is 24.0 Å². The van der Waals surface area contributed by atoms with Crippen molar-refractivity contribution >= 4 is 35.3 Å². The summed E-state index contributed by atoms with van der Waals surface area (Å²) in [5.41, 5.74) is -0.685. The molecule has 0 radical (unpaired) electrons. The molecule has 1 aliphatic heterocycles. The molecule has 6 atom stereocenters. The first kappa shape index (κ1) is 35.6. The molecule has 5 aliphatic rings. The van der Waals surface area contributed by atoms with E-state index in [1.165, 1.54) is 30.7 Å².